The highest BCUT2D eigenvalue weighted by Gasteiger charge is 2.59. The first-order chi connectivity index (χ1) is 11.1. The molecular weight excluding hydrogens is 296 g/mol. The van der Waals surface area contributed by atoms with E-state index in [0.717, 1.165) is 17.7 Å². The maximum atomic E-state index is 10.9. The zero-order valence-corrected chi connectivity index (χ0v) is 13.8. The van der Waals surface area contributed by atoms with Gasteiger partial charge >= 0.3 is 0 Å². The molecule has 0 amide bonds. The van der Waals surface area contributed by atoms with Crippen LogP contribution in [0, 0.1) is 0 Å². The van der Waals surface area contributed by atoms with Gasteiger partial charge in [0, 0.05) is 11.1 Å². The van der Waals surface area contributed by atoms with Crippen molar-refractivity contribution in [1.82, 2.24) is 0 Å². The molecular formula is C18H24O5. The van der Waals surface area contributed by atoms with Crippen LogP contribution in [0.3, 0.4) is 0 Å². The molecule has 1 aromatic rings. The molecule has 3 atom stereocenters. The van der Waals surface area contributed by atoms with Crippen molar-refractivity contribution in [2.45, 2.75) is 44.0 Å². The lowest BCUT2D eigenvalue weighted by Crippen LogP contribution is -2.25. The van der Waals surface area contributed by atoms with Crippen molar-refractivity contribution in [1.29, 1.82) is 0 Å². The Morgan fingerprint density at radius 2 is 1.96 bits per heavy atom. The van der Waals surface area contributed by atoms with Crippen LogP contribution in [-0.2, 0) is 11.2 Å². The fourth-order valence-corrected chi connectivity index (χ4v) is 3.54. The standard InChI is InChI=1S/C18H24O5/c1-11-5-4-8-18(10-19)17(23-18)16(20)15-12(9-11)13(21-2)6-7-14(15)22-3/h5-7,16-17,19-20H,4,8-10H2,1-3H3/b11-5-/t16-,17-,18-/m1/s1. The first-order valence-corrected chi connectivity index (χ1v) is 7.92. The zero-order valence-electron chi connectivity index (χ0n) is 13.8. The first-order valence-electron chi connectivity index (χ1n) is 7.92. The van der Waals surface area contributed by atoms with Crippen LogP contribution < -0.4 is 9.47 Å². The van der Waals surface area contributed by atoms with Crippen LogP contribution in [-0.4, -0.2) is 42.7 Å². The number of epoxide rings is 1. The summed E-state index contributed by atoms with van der Waals surface area (Å²) in [5.41, 5.74) is 2.15. The van der Waals surface area contributed by atoms with Gasteiger partial charge in [-0.3, -0.25) is 0 Å². The summed E-state index contributed by atoms with van der Waals surface area (Å²) < 4.78 is 16.7. The first kappa shape index (κ1) is 16.3. The number of fused-ring (bicyclic) bond motifs is 2. The largest absolute Gasteiger partial charge is 0.496 e. The van der Waals surface area contributed by atoms with Crippen molar-refractivity contribution in [2.75, 3.05) is 20.8 Å². The van der Waals surface area contributed by atoms with Crippen molar-refractivity contribution >= 4 is 0 Å². The van der Waals surface area contributed by atoms with Crippen LogP contribution in [0.1, 0.15) is 37.0 Å². The number of rotatable bonds is 3. The van der Waals surface area contributed by atoms with Gasteiger partial charge in [0.25, 0.3) is 0 Å². The molecule has 23 heavy (non-hydrogen) atoms. The Balaban J connectivity index is 2.14. The highest BCUT2D eigenvalue weighted by atomic mass is 16.6. The topological polar surface area (TPSA) is 71.5 Å². The second-order valence-electron chi connectivity index (χ2n) is 6.33. The molecule has 3 rings (SSSR count). The monoisotopic (exact) mass is 320 g/mol. The molecule has 1 heterocycles. The Morgan fingerprint density at radius 3 is 2.61 bits per heavy atom. The Morgan fingerprint density at radius 1 is 1.26 bits per heavy atom. The molecule has 5 nitrogen and oxygen atoms in total. The molecule has 0 bridgehead atoms. The molecule has 5 heteroatoms. The van der Waals surface area contributed by atoms with E-state index in [-0.39, 0.29) is 6.61 Å². The van der Waals surface area contributed by atoms with Gasteiger partial charge in [0.15, 0.2) is 0 Å². The minimum atomic E-state index is -0.854. The predicted molar refractivity (Wildman–Crippen MR) is 85.9 cm³/mol. The van der Waals surface area contributed by atoms with Crippen LogP contribution in [0.4, 0.5) is 0 Å². The van der Waals surface area contributed by atoms with Gasteiger partial charge in [0.2, 0.25) is 0 Å². The van der Waals surface area contributed by atoms with Crippen LogP contribution in [0.2, 0.25) is 0 Å². The van der Waals surface area contributed by atoms with Crippen molar-refractivity contribution in [3.8, 4) is 11.5 Å². The lowest BCUT2D eigenvalue weighted by Gasteiger charge is -2.22. The molecule has 2 N–H and O–H groups in total. The normalized spacial score (nSPS) is 32.1. The zero-order chi connectivity index (χ0) is 16.6. The Kier molecular flexibility index (Phi) is 4.36. The van der Waals surface area contributed by atoms with E-state index in [0.29, 0.717) is 24.2 Å². The van der Waals surface area contributed by atoms with E-state index in [1.165, 1.54) is 5.57 Å². The lowest BCUT2D eigenvalue weighted by molar-refractivity contribution is 0.131. The number of hydrogen-bond acceptors (Lipinski definition) is 5. The molecule has 1 aromatic carbocycles. The summed E-state index contributed by atoms with van der Waals surface area (Å²) in [7, 11) is 3.21. The third-order valence-corrected chi connectivity index (χ3v) is 4.90. The minimum Gasteiger partial charge on any atom is -0.496 e. The van der Waals surface area contributed by atoms with Crippen molar-refractivity contribution in [3.63, 3.8) is 0 Å². The quantitative estimate of drug-likeness (QED) is 0.659. The number of aliphatic hydroxyl groups excluding tert-OH is 2. The van der Waals surface area contributed by atoms with Crippen LogP contribution in [0.25, 0.3) is 0 Å². The second kappa shape index (κ2) is 6.15. The highest BCUT2D eigenvalue weighted by molar-refractivity contribution is 5.52. The second-order valence-corrected chi connectivity index (χ2v) is 6.33. The van der Waals surface area contributed by atoms with E-state index in [1.54, 1.807) is 20.3 Å². The van der Waals surface area contributed by atoms with Gasteiger partial charge < -0.3 is 24.4 Å². The summed E-state index contributed by atoms with van der Waals surface area (Å²) in [6, 6.07) is 3.66. The van der Waals surface area contributed by atoms with Gasteiger partial charge in [0.05, 0.1) is 20.8 Å². The molecule has 1 fully saturated rings. The van der Waals surface area contributed by atoms with Crippen molar-refractivity contribution in [2.24, 2.45) is 0 Å². The van der Waals surface area contributed by atoms with Gasteiger partial charge in [-0.15, -0.1) is 0 Å². The summed E-state index contributed by atoms with van der Waals surface area (Å²) in [4.78, 5) is 0. The number of hydrogen-bond donors (Lipinski definition) is 2. The Hall–Kier alpha value is -1.56. The van der Waals surface area contributed by atoms with Gasteiger partial charge in [-0.2, -0.15) is 0 Å². The molecule has 0 saturated carbocycles. The average molecular weight is 320 g/mol. The molecule has 0 aromatic heterocycles. The van der Waals surface area contributed by atoms with E-state index < -0.39 is 17.8 Å². The Bertz CT molecular complexity index is 624. The molecule has 1 aliphatic carbocycles. The van der Waals surface area contributed by atoms with Gasteiger partial charge in [-0.05, 0) is 38.3 Å². The number of aliphatic hydroxyl groups is 2. The lowest BCUT2D eigenvalue weighted by atomic mass is 9.87. The van der Waals surface area contributed by atoms with Crippen LogP contribution >= 0.6 is 0 Å². The van der Waals surface area contributed by atoms with Gasteiger partial charge in [-0.1, -0.05) is 11.6 Å². The van der Waals surface area contributed by atoms with Gasteiger partial charge in [0.1, 0.15) is 29.3 Å². The smallest absolute Gasteiger partial charge is 0.125 e. The summed E-state index contributed by atoms with van der Waals surface area (Å²) in [5.74, 6) is 1.34. The third kappa shape index (κ3) is 2.73. The predicted octanol–water partition coefficient (Wildman–Crippen LogP) is 2.15. The molecule has 0 spiro atoms. The number of benzene rings is 1. The van der Waals surface area contributed by atoms with Gasteiger partial charge in [-0.25, -0.2) is 0 Å². The molecule has 1 aliphatic heterocycles. The van der Waals surface area contributed by atoms with Crippen molar-refractivity contribution < 1.29 is 24.4 Å². The summed E-state index contributed by atoms with van der Waals surface area (Å²) in [6.07, 6.45) is 3.09. The van der Waals surface area contributed by atoms with Crippen molar-refractivity contribution in [3.05, 3.63) is 34.9 Å². The highest BCUT2D eigenvalue weighted by Crippen LogP contribution is 2.51. The van der Waals surface area contributed by atoms with Crippen LogP contribution in [0.15, 0.2) is 23.8 Å². The fourth-order valence-electron chi connectivity index (χ4n) is 3.54. The number of allylic oxidation sites excluding steroid dienone is 2. The minimum absolute atomic E-state index is 0.0940. The fraction of sp³-hybridized carbons (Fsp3) is 0.556. The molecule has 126 valence electrons. The summed E-state index contributed by atoms with van der Waals surface area (Å²) in [5, 5.41) is 20.6. The summed E-state index contributed by atoms with van der Waals surface area (Å²) in [6.45, 7) is 1.97. The van der Waals surface area contributed by atoms with E-state index in [2.05, 4.69) is 13.0 Å². The molecule has 0 unspecified atom stereocenters. The number of methoxy groups -OCH3 is 2. The average Bonchev–Trinajstić information content (AvgIpc) is 3.28. The van der Waals surface area contributed by atoms with E-state index in [1.807, 2.05) is 6.07 Å². The van der Waals surface area contributed by atoms with E-state index in [9.17, 15) is 10.2 Å². The molecule has 0 radical (unpaired) electrons. The SMILES string of the molecule is COc1ccc(OC)c2c1C/C(C)=C\CC[C@]1(CO)O[C@@H]1[C@@H]2O. The molecule has 2 aliphatic rings. The third-order valence-electron chi connectivity index (χ3n) is 4.90. The maximum absolute atomic E-state index is 10.9. The van der Waals surface area contributed by atoms with E-state index in [4.69, 9.17) is 14.2 Å². The number of ether oxygens (including phenoxy) is 3. The maximum Gasteiger partial charge on any atom is 0.125 e. The molecule has 1 saturated heterocycles. The Labute approximate surface area is 136 Å². The van der Waals surface area contributed by atoms with Crippen LogP contribution in [0.5, 0.6) is 11.5 Å². The van der Waals surface area contributed by atoms with E-state index >= 15 is 0 Å². The summed E-state index contributed by atoms with van der Waals surface area (Å²) >= 11 is 0.